The van der Waals surface area contributed by atoms with Gasteiger partial charge in [-0.25, -0.2) is 18.6 Å². The molecule has 0 bridgehead atoms. The first kappa shape index (κ1) is 25.1. The molecule has 0 aliphatic heterocycles. The van der Waals surface area contributed by atoms with Crippen LogP contribution in [-0.4, -0.2) is 45.1 Å². The fourth-order valence-corrected chi connectivity index (χ4v) is 4.39. The zero-order valence-corrected chi connectivity index (χ0v) is 19.2. The van der Waals surface area contributed by atoms with Gasteiger partial charge in [0.2, 0.25) is 0 Å². The van der Waals surface area contributed by atoms with E-state index in [1.807, 2.05) is 0 Å². The van der Waals surface area contributed by atoms with Gasteiger partial charge in [-0.3, -0.25) is 19.2 Å². The molecular weight excluding hydrogens is 476 g/mol. The van der Waals surface area contributed by atoms with Gasteiger partial charge < -0.3 is 4.74 Å². The zero-order valence-electron chi connectivity index (χ0n) is 18.4. The van der Waals surface area contributed by atoms with E-state index in [0.29, 0.717) is 11.1 Å². The van der Waals surface area contributed by atoms with Crippen molar-refractivity contribution in [3.8, 4) is 0 Å². The summed E-state index contributed by atoms with van der Waals surface area (Å²) in [7, 11) is -2.90. The maximum atomic E-state index is 13.2. The van der Waals surface area contributed by atoms with E-state index in [2.05, 4.69) is 15.3 Å². The van der Waals surface area contributed by atoms with Gasteiger partial charge in [0, 0.05) is 12.1 Å². The smallest absolute Gasteiger partial charge is 0.337 e. The normalized spacial score (nSPS) is 11.1. The third-order valence-corrected chi connectivity index (χ3v) is 6.49. The molecule has 0 radical (unpaired) electrons. The van der Waals surface area contributed by atoms with Crippen LogP contribution < -0.4 is 9.73 Å². The molecule has 0 fully saturated rings. The van der Waals surface area contributed by atoms with Gasteiger partial charge in [-0.1, -0.05) is 30.3 Å². The number of methoxy groups -OCH3 is 1. The molecule has 0 heterocycles. The highest BCUT2D eigenvalue weighted by molar-refractivity contribution is 7.92. The predicted molar refractivity (Wildman–Crippen MR) is 128 cm³/mol. The minimum Gasteiger partial charge on any atom is -0.465 e. The van der Waals surface area contributed by atoms with E-state index in [-0.39, 0.29) is 16.3 Å². The predicted octanol–water partition coefficient (Wildman–Crippen LogP) is 2.73. The Hall–Kier alpha value is -4.58. The first-order valence-corrected chi connectivity index (χ1v) is 11.5. The summed E-state index contributed by atoms with van der Waals surface area (Å²) < 4.78 is 31.9. The molecule has 0 saturated heterocycles. The van der Waals surface area contributed by atoms with Gasteiger partial charge in [0.05, 0.1) is 34.4 Å². The van der Waals surface area contributed by atoms with E-state index in [1.165, 1.54) is 61.9 Å². The van der Waals surface area contributed by atoms with Gasteiger partial charge in [-0.05, 0) is 42.0 Å². The summed E-state index contributed by atoms with van der Waals surface area (Å²) in [5, 5.41) is 14.8. The van der Waals surface area contributed by atoms with Crippen molar-refractivity contribution < 1.29 is 27.7 Å². The number of ether oxygens (including phenoxy) is 1. The number of non-ortho nitro benzene ring substituents is 1. The minimum atomic E-state index is -4.17. The summed E-state index contributed by atoms with van der Waals surface area (Å²) in [6.45, 7) is -0.631. The number of nitrogens with one attached hydrogen (secondary N) is 1. The van der Waals surface area contributed by atoms with Crippen molar-refractivity contribution in [2.75, 3.05) is 18.0 Å². The fourth-order valence-electron chi connectivity index (χ4n) is 2.94. The number of nitro benzene ring substituents is 1. The topological polar surface area (TPSA) is 148 Å². The largest absolute Gasteiger partial charge is 0.465 e. The van der Waals surface area contributed by atoms with Crippen molar-refractivity contribution in [2.45, 2.75) is 4.90 Å². The second-order valence-corrected chi connectivity index (χ2v) is 8.87. The molecule has 0 spiro atoms. The van der Waals surface area contributed by atoms with Gasteiger partial charge in [0.15, 0.2) is 0 Å². The fraction of sp³-hybridized carbons (Fsp3) is 0.0870. The Bertz CT molecular complexity index is 1340. The van der Waals surface area contributed by atoms with Gasteiger partial charge in [-0.15, -0.1) is 0 Å². The lowest BCUT2D eigenvalue weighted by Crippen LogP contribution is -2.39. The first-order valence-electron chi connectivity index (χ1n) is 10.0. The SMILES string of the molecule is COC(=O)c1ccc(/C=N\NC(=O)CN(c2ccc([N+](=O)[O-])cc2)S(=O)(=O)c2ccccc2)cc1. The van der Waals surface area contributed by atoms with Gasteiger partial charge in [0.1, 0.15) is 6.54 Å². The van der Waals surface area contributed by atoms with Crippen molar-refractivity contribution in [1.82, 2.24) is 5.43 Å². The summed E-state index contributed by atoms with van der Waals surface area (Å²) in [5.41, 5.74) is 3.02. The Balaban J connectivity index is 1.79. The highest BCUT2D eigenvalue weighted by atomic mass is 32.2. The highest BCUT2D eigenvalue weighted by Gasteiger charge is 2.27. The van der Waals surface area contributed by atoms with Crippen LogP contribution in [0.3, 0.4) is 0 Å². The van der Waals surface area contributed by atoms with Gasteiger partial charge in [-0.2, -0.15) is 5.10 Å². The van der Waals surface area contributed by atoms with Crippen molar-refractivity contribution in [1.29, 1.82) is 0 Å². The molecule has 0 unspecified atom stereocenters. The number of hydrazone groups is 1. The van der Waals surface area contributed by atoms with Crippen LogP contribution in [0.4, 0.5) is 11.4 Å². The molecule has 35 heavy (non-hydrogen) atoms. The number of carbonyl (C=O) groups is 2. The van der Waals surface area contributed by atoms with E-state index in [0.717, 1.165) is 16.4 Å². The van der Waals surface area contributed by atoms with E-state index in [1.54, 1.807) is 18.2 Å². The van der Waals surface area contributed by atoms with E-state index in [4.69, 9.17) is 0 Å². The lowest BCUT2D eigenvalue weighted by molar-refractivity contribution is -0.384. The molecule has 0 aliphatic carbocycles. The minimum absolute atomic E-state index is 0.0552. The Morgan fingerprint density at radius 2 is 1.66 bits per heavy atom. The Morgan fingerprint density at radius 1 is 1.03 bits per heavy atom. The van der Waals surface area contributed by atoms with Crippen LogP contribution in [-0.2, 0) is 19.6 Å². The van der Waals surface area contributed by atoms with Crippen LogP contribution in [0, 0.1) is 10.1 Å². The molecule has 11 nitrogen and oxygen atoms in total. The highest BCUT2D eigenvalue weighted by Crippen LogP contribution is 2.25. The molecule has 1 amide bonds. The molecule has 3 rings (SSSR count). The van der Waals surface area contributed by atoms with E-state index in [9.17, 15) is 28.1 Å². The average molecular weight is 497 g/mol. The lowest BCUT2D eigenvalue weighted by Gasteiger charge is -2.23. The molecule has 12 heteroatoms. The number of hydrogen-bond acceptors (Lipinski definition) is 8. The van der Waals surface area contributed by atoms with Gasteiger partial charge in [0.25, 0.3) is 21.6 Å². The van der Waals surface area contributed by atoms with Crippen LogP contribution in [0.1, 0.15) is 15.9 Å². The summed E-state index contributed by atoms with van der Waals surface area (Å²) in [5.74, 6) is -1.24. The molecule has 0 saturated carbocycles. The second kappa shape index (κ2) is 11.0. The molecule has 3 aromatic rings. The van der Waals surface area contributed by atoms with Crippen LogP contribution in [0.15, 0.2) is 88.9 Å². The first-order chi connectivity index (χ1) is 16.7. The van der Waals surface area contributed by atoms with Crippen molar-refractivity contribution in [3.05, 3.63) is 100 Å². The number of rotatable bonds is 9. The second-order valence-electron chi connectivity index (χ2n) is 7.01. The summed E-state index contributed by atoms with van der Waals surface area (Å²) in [6.07, 6.45) is 1.32. The van der Waals surface area contributed by atoms with Crippen molar-refractivity contribution >= 4 is 39.5 Å². The summed E-state index contributed by atoms with van der Waals surface area (Å²) in [6, 6.07) is 18.5. The number of benzene rings is 3. The molecule has 0 aliphatic rings. The lowest BCUT2D eigenvalue weighted by atomic mass is 10.1. The van der Waals surface area contributed by atoms with E-state index >= 15 is 0 Å². The summed E-state index contributed by atoms with van der Waals surface area (Å²) in [4.78, 5) is 34.3. The maximum Gasteiger partial charge on any atom is 0.337 e. The third kappa shape index (κ3) is 6.26. The van der Waals surface area contributed by atoms with Crippen LogP contribution >= 0.6 is 0 Å². The number of hydrogen-bond donors (Lipinski definition) is 1. The average Bonchev–Trinajstić information content (AvgIpc) is 2.87. The number of amides is 1. The number of esters is 1. The number of nitro groups is 1. The number of carbonyl (C=O) groups excluding carboxylic acids is 2. The molecule has 0 aromatic heterocycles. The Labute approximate surface area is 200 Å². The van der Waals surface area contributed by atoms with Crippen molar-refractivity contribution in [2.24, 2.45) is 5.10 Å². The number of anilines is 1. The standard InChI is InChI=1S/C23H20N4O7S/c1-34-23(29)18-9-7-17(8-10-18)15-24-25-22(28)16-26(19-11-13-20(14-12-19)27(30)31)35(32,33)21-5-3-2-4-6-21/h2-15H,16H2,1H3,(H,25,28)/b24-15-. The number of sulfonamides is 1. The van der Waals surface area contributed by atoms with Crippen molar-refractivity contribution in [3.63, 3.8) is 0 Å². The third-order valence-electron chi connectivity index (χ3n) is 4.70. The monoisotopic (exact) mass is 496 g/mol. The molecule has 1 N–H and O–H groups in total. The number of nitrogens with zero attached hydrogens (tertiary/aromatic N) is 3. The van der Waals surface area contributed by atoms with Crippen LogP contribution in [0.2, 0.25) is 0 Å². The maximum absolute atomic E-state index is 13.2. The zero-order chi connectivity index (χ0) is 25.4. The van der Waals surface area contributed by atoms with E-state index < -0.39 is 33.4 Å². The Kier molecular flexibility index (Phi) is 7.89. The summed E-state index contributed by atoms with van der Waals surface area (Å²) >= 11 is 0. The van der Waals surface area contributed by atoms with Gasteiger partial charge >= 0.3 is 5.97 Å². The van der Waals surface area contributed by atoms with Crippen LogP contribution in [0.25, 0.3) is 0 Å². The quantitative estimate of drug-likeness (QED) is 0.207. The van der Waals surface area contributed by atoms with Crippen LogP contribution in [0.5, 0.6) is 0 Å². The molecular formula is C23H20N4O7S. The Morgan fingerprint density at radius 3 is 2.23 bits per heavy atom. The molecule has 3 aromatic carbocycles. The molecule has 0 atom stereocenters. The molecule has 180 valence electrons.